The van der Waals surface area contributed by atoms with Crippen molar-refractivity contribution in [3.05, 3.63) is 110 Å². The van der Waals surface area contributed by atoms with Gasteiger partial charge in [0.1, 0.15) is 0 Å². The zero-order chi connectivity index (χ0) is 31.3. The molecule has 3 aromatic carbocycles. The molecule has 0 aliphatic heterocycles. The third-order valence-electron chi connectivity index (χ3n) is 12.6. The summed E-state index contributed by atoms with van der Waals surface area (Å²) < 4.78 is 6.97. The predicted octanol–water partition coefficient (Wildman–Crippen LogP) is 10.6. The van der Waals surface area contributed by atoms with Gasteiger partial charge in [-0.05, 0) is 111 Å². The van der Waals surface area contributed by atoms with E-state index in [1.165, 1.54) is 69.9 Å². The van der Waals surface area contributed by atoms with E-state index in [4.69, 9.17) is 4.74 Å². The third kappa shape index (κ3) is 4.14. The first-order chi connectivity index (χ1) is 22.4. The highest BCUT2D eigenvalue weighted by molar-refractivity contribution is 6.10. The van der Waals surface area contributed by atoms with Gasteiger partial charge >= 0.3 is 0 Å². The van der Waals surface area contributed by atoms with Gasteiger partial charge in [0.25, 0.3) is 0 Å². The average Bonchev–Trinajstić information content (AvgIpc) is 3.05. The maximum Gasteiger partial charge on any atom is 0.170 e. The minimum Gasteiger partial charge on any atom is -0.377 e. The zero-order valence-corrected chi connectivity index (χ0v) is 28.1. The van der Waals surface area contributed by atoms with Crippen molar-refractivity contribution in [2.24, 2.45) is 17.3 Å². The van der Waals surface area contributed by atoms with E-state index < -0.39 is 0 Å². The first-order valence-electron chi connectivity index (χ1n) is 18.4. The van der Waals surface area contributed by atoms with Gasteiger partial charge in [-0.25, -0.2) is 0 Å². The van der Waals surface area contributed by atoms with Crippen molar-refractivity contribution in [2.45, 2.75) is 109 Å². The van der Waals surface area contributed by atoms with Crippen LogP contribution in [-0.2, 0) is 24.0 Å². The summed E-state index contributed by atoms with van der Waals surface area (Å²) >= 11 is 0. The molecule has 2 heteroatoms. The molecule has 9 rings (SSSR count). The van der Waals surface area contributed by atoms with Crippen LogP contribution in [0.4, 0.5) is 0 Å². The minimum atomic E-state index is -0.0988. The van der Waals surface area contributed by atoms with Gasteiger partial charge in [-0.1, -0.05) is 107 Å². The van der Waals surface area contributed by atoms with Crippen LogP contribution in [0.15, 0.2) is 65.8 Å². The van der Waals surface area contributed by atoms with Crippen LogP contribution < -0.4 is 0 Å². The first-order valence-corrected chi connectivity index (χ1v) is 18.4. The van der Waals surface area contributed by atoms with E-state index in [1.54, 1.807) is 16.7 Å². The molecule has 0 radical (unpaired) electrons. The Morgan fingerprint density at radius 1 is 0.913 bits per heavy atom. The molecule has 0 heterocycles. The van der Waals surface area contributed by atoms with Crippen molar-refractivity contribution < 1.29 is 9.53 Å². The normalized spacial score (nSPS) is 29.1. The van der Waals surface area contributed by atoms with E-state index in [9.17, 15) is 4.79 Å². The number of allylic oxidation sites excluding steroid dienone is 4. The van der Waals surface area contributed by atoms with Crippen LogP contribution in [0, 0.1) is 17.3 Å². The van der Waals surface area contributed by atoms with Crippen molar-refractivity contribution in [3.63, 3.8) is 0 Å². The summed E-state index contributed by atoms with van der Waals surface area (Å²) in [4.78, 5) is 14.6. The summed E-state index contributed by atoms with van der Waals surface area (Å²) in [6.45, 7) is 10.3. The summed E-state index contributed by atoms with van der Waals surface area (Å²) in [5.41, 5.74) is 14.6. The molecule has 236 valence electrons. The Kier molecular flexibility index (Phi) is 6.70. The van der Waals surface area contributed by atoms with Gasteiger partial charge in [-0.15, -0.1) is 0 Å². The van der Waals surface area contributed by atoms with Gasteiger partial charge in [0, 0.05) is 35.8 Å². The number of ether oxygens (including phenoxy) is 1. The lowest BCUT2D eigenvalue weighted by Gasteiger charge is -2.51. The van der Waals surface area contributed by atoms with E-state index in [2.05, 4.69) is 88.4 Å². The lowest BCUT2D eigenvalue weighted by molar-refractivity contribution is 0.0175. The number of benzene rings is 3. The molecule has 6 aliphatic rings. The monoisotopic (exact) mass is 608 g/mol. The van der Waals surface area contributed by atoms with Crippen molar-refractivity contribution in [2.75, 3.05) is 6.61 Å². The Hall–Kier alpha value is -3.23. The minimum absolute atomic E-state index is 0.0988. The molecule has 3 aromatic rings. The Balaban J connectivity index is 1.21. The van der Waals surface area contributed by atoms with Crippen molar-refractivity contribution in [3.8, 4) is 0 Å². The lowest BCUT2D eigenvalue weighted by atomic mass is 9.54. The Morgan fingerprint density at radius 3 is 2.61 bits per heavy atom. The molecule has 0 saturated carbocycles. The van der Waals surface area contributed by atoms with Gasteiger partial charge < -0.3 is 4.74 Å². The van der Waals surface area contributed by atoms with Crippen LogP contribution >= 0.6 is 0 Å². The maximum absolute atomic E-state index is 14.6. The van der Waals surface area contributed by atoms with Crippen molar-refractivity contribution >= 4 is 22.6 Å². The fourth-order valence-electron chi connectivity index (χ4n) is 11.0. The van der Waals surface area contributed by atoms with Crippen LogP contribution in [-0.4, -0.2) is 18.5 Å². The fourth-order valence-corrected chi connectivity index (χ4v) is 11.0. The van der Waals surface area contributed by atoms with E-state index in [0.717, 1.165) is 44.3 Å². The molecule has 0 fully saturated rings. The summed E-state index contributed by atoms with van der Waals surface area (Å²) in [7, 11) is 0. The molecule has 0 bridgehead atoms. The van der Waals surface area contributed by atoms with Crippen LogP contribution in [0.2, 0.25) is 0 Å². The molecule has 6 aliphatic carbocycles. The molecule has 46 heavy (non-hydrogen) atoms. The number of hydrogen-bond donors (Lipinski definition) is 0. The topological polar surface area (TPSA) is 26.3 Å². The van der Waals surface area contributed by atoms with Crippen LogP contribution in [0.5, 0.6) is 0 Å². The number of carbonyl (C=O) groups is 1. The Labute approximate surface area is 275 Å². The van der Waals surface area contributed by atoms with Crippen LogP contribution in [0.3, 0.4) is 0 Å². The number of aryl methyl sites for hydroxylation is 1. The predicted molar refractivity (Wildman–Crippen MR) is 189 cm³/mol. The van der Waals surface area contributed by atoms with E-state index in [0.29, 0.717) is 17.1 Å². The number of unbranched alkanes of at least 4 members (excludes halogenated alkanes) is 2. The van der Waals surface area contributed by atoms with Gasteiger partial charge in [0.2, 0.25) is 0 Å². The smallest absolute Gasteiger partial charge is 0.170 e. The number of Topliss-reactive ketones (excluding diaryl/α,β-unsaturated/α-hetero) is 1. The SMILES string of the molecule is CCCCCOC1CC2CC(C)(C)Cc3ccc4c(c32)C1C1=C(C4)C2C(C=C1)C(=O)c1cc(CCC)c3cccc4c3c1C2C=C4. The number of fused-ring (bicyclic) bond motifs is 4. The van der Waals surface area contributed by atoms with Gasteiger partial charge in [0.15, 0.2) is 5.78 Å². The number of ketones is 1. The lowest BCUT2D eigenvalue weighted by Crippen LogP contribution is -2.43. The number of hydrogen-bond acceptors (Lipinski definition) is 2. The molecule has 0 spiro atoms. The fraction of sp³-hybridized carbons (Fsp3) is 0.477. The third-order valence-corrected chi connectivity index (χ3v) is 12.6. The second kappa shape index (κ2) is 10.6. The van der Waals surface area contributed by atoms with Crippen LogP contribution in [0.25, 0.3) is 16.8 Å². The summed E-state index contributed by atoms with van der Waals surface area (Å²) in [6, 6.07) is 14.0. The molecule has 0 saturated heterocycles. The number of rotatable bonds is 7. The highest BCUT2D eigenvalue weighted by Crippen LogP contribution is 2.60. The van der Waals surface area contributed by atoms with E-state index in [1.807, 2.05) is 0 Å². The quantitative estimate of drug-likeness (QED) is 0.250. The molecule has 6 atom stereocenters. The second-order valence-electron chi connectivity index (χ2n) is 16.1. The maximum atomic E-state index is 14.6. The zero-order valence-electron chi connectivity index (χ0n) is 28.1. The molecule has 0 N–H and O–H groups in total. The van der Waals surface area contributed by atoms with Gasteiger partial charge in [-0.3, -0.25) is 4.79 Å². The molecular formula is C44H48O2. The Morgan fingerprint density at radius 2 is 1.76 bits per heavy atom. The van der Waals surface area contributed by atoms with Crippen LogP contribution in [0.1, 0.15) is 133 Å². The molecule has 6 unspecified atom stereocenters. The molecular weight excluding hydrogens is 560 g/mol. The molecule has 0 aromatic heterocycles. The average molecular weight is 609 g/mol. The van der Waals surface area contributed by atoms with E-state index >= 15 is 0 Å². The summed E-state index contributed by atoms with van der Waals surface area (Å²) in [5, 5.41) is 2.69. The summed E-state index contributed by atoms with van der Waals surface area (Å²) in [5.74, 6) is 1.48. The van der Waals surface area contributed by atoms with E-state index in [-0.39, 0.29) is 29.8 Å². The first kappa shape index (κ1) is 29.0. The molecule has 0 amide bonds. The van der Waals surface area contributed by atoms with Crippen molar-refractivity contribution in [1.29, 1.82) is 0 Å². The second-order valence-corrected chi connectivity index (χ2v) is 16.1. The van der Waals surface area contributed by atoms with Gasteiger partial charge in [0.05, 0.1) is 6.10 Å². The molecule has 2 nitrogen and oxygen atoms in total. The standard InChI is InChI=1S/C44H48O2/c1-5-7-8-19-46-36-22-29-24-44(3,4)23-28-14-13-27-21-34-31(42(36)39(27)37(28)29)17-18-33-40(34)32-16-15-25-11-9-12-30-26(10-6-2)20-35(43(33)45)41(32)38(25)30/h9,11-18,20,29,32-33,36,40,42H,5-8,10,19,21-24H2,1-4H3. The number of carbonyl (C=O) groups excluding carboxylic acids is 1. The van der Waals surface area contributed by atoms with Gasteiger partial charge in [-0.2, -0.15) is 0 Å². The van der Waals surface area contributed by atoms with Crippen molar-refractivity contribution in [1.82, 2.24) is 0 Å². The highest BCUT2D eigenvalue weighted by Gasteiger charge is 2.51. The largest absolute Gasteiger partial charge is 0.377 e. The highest BCUT2D eigenvalue weighted by atomic mass is 16.5. The Bertz CT molecular complexity index is 1880. The summed E-state index contributed by atoms with van der Waals surface area (Å²) in [6.07, 6.45) is 19.9.